The number of hydrogen-bond donors (Lipinski definition) is 0. The molecule has 4 aromatic rings. The molecule has 0 aliphatic heterocycles. The fourth-order valence-corrected chi connectivity index (χ4v) is 21.2. The zero-order valence-electron chi connectivity index (χ0n) is 38.3. The molecule has 2 aliphatic carbocycles. The molecule has 0 heterocycles. The molecule has 0 radical (unpaired) electrons. The van der Waals surface area contributed by atoms with Crippen LogP contribution in [0.1, 0.15) is 90.2 Å². The van der Waals surface area contributed by atoms with E-state index in [2.05, 4.69) is 0 Å². The van der Waals surface area contributed by atoms with Crippen molar-refractivity contribution in [2.75, 3.05) is 21.7 Å². The molecule has 0 amide bonds. The van der Waals surface area contributed by atoms with E-state index in [0.29, 0.717) is 25.7 Å². The molecule has 2 atom stereocenters. The Bertz CT molecular complexity index is 2440. The van der Waals surface area contributed by atoms with E-state index in [4.69, 9.17) is 0 Å². The number of allylic oxidation sites excluding steroid dienone is 8. The summed E-state index contributed by atoms with van der Waals surface area (Å²) in [5.74, 6) is -4.97. The standard InChI is InChI=1S/2C21H26F2NO2S.2C5H5.Ti/c2*1-4-6-7-17(5-2)15-24(21-13-10-18(22)14-20(21)23)27(25,26)19-11-8-16(3)9-12-19;2*1-2-4-5-3-1;/h2*8-13,17H,4-7,15H2,1-3H3;2*1-5H;. The molecule has 0 saturated carbocycles. The molecule has 2 unspecified atom stereocenters. The second-order valence-electron chi connectivity index (χ2n) is 17.5. The van der Waals surface area contributed by atoms with Gasteiger partial charge in [-0.25, -0.2) is 0 Å². The van der Waals surface area contributed by atoms with Gasteiger partial charge < -0.3 is 0 Å². The second-order valence-corrected chi connectivity index (χ2v) is 27.6. The number of sulfonamides is 2. The van der Waals surface area contributed by atoms with E-state index < -0.39 is 87.5 Å². The van der Waals surface area contributed by atoms with Gasteiger partial charge in [0.15, 0.2) is 0 Å². The first-order valence-corrected chi connectivity index (χ1v) is 29.2. The summed E-state index contributed by atoms with van der Waals surface area (Å²) in [5, 5.41) is 0. The molecule has 348 valence electrons. The van der Waals surface area contributed by atoms with Gasteiger partial charge in [-0.1, -0.05) is 0 Å². The normalized spacial score (nSPS) is 15.3. The first-order chi connectivity index (χ1) is 31.1. The van der Waals surface area contributed by atoms with E-state index in [9.17, 15) is 16.8 Å². The summed E-state index contributed by atoms with van der Waals surface area (Å²) in [4.78, 5) is -0.169. The fourth-order valence-electron chi connectivity index (χ4n) is 9.34. The van der Waals surface area contributed by atoms with Crippen LogP contribution in [0.5, 0.6) is 0 Å². The third-order valence-electron chi connectivity index (χ3n) is 13.2. The molecule has 0 bridgehead atoms. The van der Waals surface area contributed by atoms with Crippen LogP contribution in [0.2, 0.25) is 8.45 Å². The molecule has 6 nitrogen and oxygen atoms in total. The summed E-state index contributed by atoms with van der Waals surface area (Å²) in [6, 6.07) is 16.7. The van der Waals surface area contributed by atoms with E-state index in [-0.39, 0.29) is 34.7 Å². The van der Waals surface area contributed by atoms with Gasteiger partial charge in [-0.2, -0.15) is 0 Å². The Morgan fingerprint density at radius 3 is 1.17 bits per heavy atom. The van der Waals surface area contributed by atoms with Gasteiger partial charge >= 0.3 is 391 Å². The van der Waals surface area contributed by atoms with Crippen LogP contribution < -0.4 is 16.3 Å². The van der Waals surface area contributed by atoms with E-state index in [1.54, 1.807) is 72.9 Å². The maximum atomic E-state index is 18.5. The van der Waals surface area contributed by atoms with Crippen molar-refractivity contribution in [1.29, 1.82) is 0 Å². The number of anilines is 2. The Kier molecular flexibility index (Phi) is 16.7. The van der Waals surface area contributed by atoms with Crippen molar-refractivity contribution in [3.8, 4) is 0 Å². The summed E-state index contributed by atoms with van der Waals surface area (Å²) in [7, 11) is -8.98. The molecule has 0 aromatic heterocycles. The Hall–Kier alpha value is -4.23. The summed E-state index contributed by atoms with van der Waals surface area (Å²) in [6.45, 7) is 11.3. The van der Waals surface area contributed by atoms with Crippen LogP contribution in [-0.2, 0) is 36.6 Å². The first-order valence-electron chi connectivity index (χ1n) is 22.9. The Morgan fingerprint density at radius 1 is 0.523 bits per heavy atom. The third kappa shape index (κ3) is 10.2. The van der Waals surface area contributed by atoms with Gasteiger partial charge in [0.2, 0.25) is 0 Å². The van der Waals surface area contributed by atoms with Gasteiger partial charge in [0, 0.05) is 0 Å². The monoisotopic (exact) mass is 966 g/mol. The molecule has 4 aromatic carbocycles. The van der Waals surface area contributed by atoms with Crippen LogP contribution in [0.4, 0.5) is 28.9 Å². The van der Waals surface area contributed by atoms with Crippen LogP contribution in [0.15, 0.2) is 131 Å². The number of halogens is 4. The van der Waals surface area contributed by atoms with Gasteiger partial charge in [0.05, 0.1) is 0 Å². The Morgan fingerprint density at radius 2 is 0.862 bits per heavy atom. The van der Waals surface area contributed by atoms with Gasteiger partial charge in [0.1, 0.15) is 0 Å². The summed E-state index contributed by atoms with van der Waals surface area (Å²) < 4.78 is 130. The first kappa shape index (κ1) is 50.2. The number of unbranched alkanes of at least 4 members (excludes halogenated alkanes) is 2. The summed E-state index contributed by atoms with van der Waals surface area (Å²) in [5.41, 5.74) is 0.782. The van der Waals surface area contributed by atoms with Crippen molar-refractivity contribution >= 4 is 39.2 Å². The SMILES string of the molecule is CCCCC(CC)CN(c1ccc(F)[c]([Ti]([c]2c(F)ccc(N(CC(CC)CCCC)S(=O)(=O)c3ccc(C)cc3)c2F)([CH]2C=CC=C2)[CH]2C=CC=C2)c1F)S(=O)(=O)c1ccc(C)cc1. The van der Waals surface area contributed by atoms with Gasteiger partial charge in [0.25, 0.3) is 0 Å². The minimum absolute atomic E-state index is 0.0844. The fraction of sp³-hybridized carbons (Fsp3) is 0.385. The maximum absolute atomic E-state index is 18.5. The molecule has 6 rings (SSSR count). The van der Waals surface area contributed by atoms with E-state index in [0.717, 1.165) is 69.7 Å². The van der Waals surface area contributed by atoms with Crippen LogP contribution in [0, 0.1) is 49.0 Å². The summed E-state index contributed by atoms with van der Waals surface area (Å²) >= 11 is -5.58. The third-order valence-corrected chi connectivity index (χ3v) is 25.3. The van der Waals surface area contributed by atoms with Crippen molar-refractivity contribution in [1.82, 2.24) is 0 Å². The quantitative estimate of drug-likeness (QED) is 0.0581. The zero-order chi connectivity index (χ0) is 47.1. The molecule has 0 N–H and O–H groups in total. The van der Waals surface area contributed by atoms with Crippen molar-refractivity contribution in [3.63, 3.8) is 0 Å². The number of aryl methyl sites for hydroxylation is 2. The number of rotatable bonds is 22. The number of benzene rings is 4. The van der Waals surface area contributed by atoms with E-state index >= 15 is 17.6 Å². The van der Waals surface area contributed by atoms with Gasteiger partial charge in [-0.3, -0.25) is 0 Å². The Labute approximate surface area is 388 Å². The van der Waals surface area contributed by atoms with Crippen LogP contribution >= 0.6 is 0 Å². The molecule has 2 aliphatic rings. The predicted molar refractivity (Wildman–Crippen MR) is 254 cm³/mol. The number of hydrogen-bond acceptors (Lipinski definition) is 4. The second kappa shape index (κ2) is 21.6. The van der Waals surface area contributed by atoms with Crippen molar-refractivity contribution in [2.24, 2.45) is 11.8 Å². The molecule has 0 saturated heterocycles. The molecule has 0 spiro atoms. The number of nitrogens with zero attached hydrogens (tertiary/aromatic N) is 2. The van der Waals surface area contributed by atoms with E-state index in [1.165, 1.54) is 24.3 Å². The van der Waals surface area contributed by atoms with Crippen LogP contribution in [0.25, 0.3) is 0 Å². The van der Waals surface area contributed by atoms with E-state index in [1.807, 2.05) is 41.5 Å². The molecule has 0 fully saturated rings. The van der Waals surface area contributed by atoms with Crippen LogP contribution in [-0.4, -0.2) is 29.9 Å². The molecular weight excluding hydrogens is 905 g/mol. The van der Waals surface area contributed by atoms with Crippen LogP contribution in [0.3, 0.4) is 0 Å². The average Bonchev–Trinajstić information content (AvgIpc) is 4.04. The minimum atomic E-state index is -5.58. The molecule has 65 heavy (non-hydrogen) atoms. The predicted octanol–water partition coefficient (Wildman–Crippen LogP) is 12.6. The van der Waals surface area contributed by atoms with Crippen molar-refractivity contribution in [2.45, 2.75) is 111 Å². The Balaban J connectivity index is 1.69. The average molecular weight is 967 g/mol. The zero-order valence-corrected chi connectivity index (χ0v) is 41.5. The van der Waals surface area contributed by atoms with Crippen molar-refractivity contribution in [3.05, 3.63) is 156 Å². The van der Waals surface area contributed by atoms with Gasteiger partial charge in [-0.05, 0) is 0 Å². The van der Waals surface area contributed by atoms with Crippen molar-refractivity contribution < 1.29 is 51.0 Å². The molecule has 13 heteroatoms. The topological polar surface area (TPSA) is 74.8 Å². The van der Waals surface area contributed by atoms with Gasteiger partial charge in [-0.15, -0.1) is 0 Å². The molecular formula is C52H62F4N2O4S2Ti. The summed E-state index contributed by atoms with van der Waals surface area (Å²) in [6.07, 6.45) is 19.2.